The van der Waals surface area contributed by atoms with Gasteiger partial charge in [-0.3, -0.25) is 14.3 Å². The lowest BCUT2D eigenvalue weighted by Gasteiger charge is -2.10. The summed E-state index contributed by atoms with van der Waals surface area (Å²) in [5.74, 6) is -0.792. The average Bonchev–Trinajstić information content (AvgIpc) is 3.20. The Hall–Kier alpha value is -2.32. The minimum atomic E-state index is -0.566. The molecule has 3 rings (SSSR count). The quantitative estimate of drug-likeness (QED) is 0.518. The standard InChI is InChI=1S/C18H13Cl4N5O2/c19-13-14(20)16(26-17(22)15(13)21)18(29)23-8-10-3-1-4-11(7-10)25-12(28)9-27-6-2-5-24-27/h1-7H,8-9H2,(H,23,29)(H,25,28). The topological polar surface area (TPSA) is 88.9 Å². The van der Waals surface area contributed by atoms with Crippen LogP contribution in [-0.4, -0.2) is 26.6 Å². The largest absolute Gasteiger partial charge is 0.347 e. The Morgan fingerprint density at radius 1 is 1.03 bits per heavy atom. The molecule has 0 aliphatic rings. The highest BCUT2D eigenvalue weighted by atomic mass is 35.5. The first-order valence-electron chi connectivity index (χ1n) is 8.19. The third-order valence-electron chi connectivity index (χ3n) is 3.73. The van der Waals surface area contributed by atoms with E-state index < -0.39 is 5.91 Å². The molecular formula is C18H13Cl4N5O2. The number of hydrogen-bond donors (Lipinski definition) is 2. The van der Waals surface area contributed by atoms with Crippen LogP contribution in [0, 0.1) is 0 Å². The zero-order valence-corrected chi connectivity index (χ0v) is 17.6. The first-order valence-corrected chi connectivity index (χ1v) is 9.70. The highest BCUT2D eigenvalue weighted by molar-refractivity contribution is 6.52. The van der Waals surface area contributed by atoms with Crippen LogP contribution in [-0.2, 0) is 17.9 Å². The minimum absolute atomic E-state index is 0.0200. The monoisotopic (exact) mass is 471 g/mol. The molecule has 0 fully saturated rings. The maximum absolute atomic E-state index is 12.4. The summed E-state index contributed by atoms with van der Waals surface area (Å²) < 4.78 is 1.51. The van der Waals surface area contributed by atoms with Crippen molar-refractivity contribution in [3.05, 3.63) is 74.2 Å². The lowest BCUT2D eigenvalue weighted by atomic mass is 10.2. The molecule has 11 heteroatoms. The third kappa shape index (κ3) is 5.39. The molecule has 0 aliphatic carbocycles. The van der Waals surface area contributed by atoms with Crippen LogP contribution in [0.4, 0.5) is 5.69 Å². The van der Waals surface area contributed by atoms with E-state index in [0.29, 0.717) is 5.69 Å². The first-order chi connectivity index (χ1) is 13.8. The van der Waals surface area contributed by atoms with Crippen molar-refractivity contribution in [1.29, 1.82) is 0 Å². The summed E-state index contributed by atoms with van der Waals surface area (Å²) in [7, 11) is 0. The first kappa shape index (κ1) is 21.4. The summed E-state index contributed by atoms with van der Waals surface area (Å²) in [4.78, 5) is 28.3. The number of aromatic nitrogens is 3. The van der Waals surface area contributed by atoms with Crippen LogP contribution < -0.4 is 10.6 Å². The van der Waals surface area contributed by atoms with Gasteiger partial charge in [-0.25, -0.2) is 4.98 Å². The fourth-order valence-corrected chi connectivity index (χ4v) is 3.22. The maximum Gasteiger partial charge on any atom is 0.271 e. The Morgan fingerprint density at radius 2 is 1.83 bits per heavy atom. The number of amides is 2. The molecule has 29 heavy (non-hydrogen) atoms. The number of benzene rings is 1. The summed E-state index contributed by atoms with van der Waals surface area (Å²) in [6, 6.07) is 8.76. The molecule has 150 valence electrons. The molecule has 7 nitrogen and oxygen atoms in total. The zero-order valence-electron chi connectivity index (χ0n) is 14.6. The summed E-state index contributed by atoms with van der Waals surface area (Å²) in [6.45, 7) is 0.258. The van der Waals surface area contributed by atoms with Gasteiger partial charge in [0.2, 0.25) is 5.91 Å². The number of hydrogen-bond acceptors (Lipinski definition) is 4. The number of rotatable bonds is 6. The van der Waals surface area contributed by atoms with Gasteiger partial charge in [-0.15, -0.1) is 0 Å². The van der Waals surface area contributed by atoms with E-state index in [1.807, 2.05) is 0 Å². The van der Waals surface area contributed by atoms with Crippen LogP contribution in [0.3, 0.4) is 0 Å². The van der Waals surface area contributed by atoms with Crippen LogP contribution in [0.25, 0.3) is 0 Å². The summed E-state index contributed by atoms with van der Waals surface area (Å²) >= 11 is 23.7. The Labute approximate surface area is 185 Å². The Kier molecular flexibility index (Phi) is 6.97. The van der Waals surface area contributed by atoms with Gasteiger partial charge in [-0.05, 0) is 23.8 Å². The molecule has 2 heterocycles. The molecular weight excluding hydrogens is 460 g/mol. The molecule has 0 saturated carbocycles. The van der Waals surface area contributed by atoms with Crippen molar-refractivity contribution < 1.29 is 9.59 Å². The van der Waals surface area contributed by atoms with Gasteiger partial charge in [0.1, 0.15) is 17.4 Å². The Balaban J connectivity index is 1.63. The number of carbonyl (C=O) groups excluding carboxylic acids is 2. The number of nitrogens with one attached hydrogen (secondary N) is 2. The predicted octanol–water partition coefficient (Wildman–Crippen LogP) is 4.46. The zero-order chi connectivity index (χ0) is 21.0. The Bertz CT molecular complexity index is 1060. The van der Waals surface area contributed by atoms with Crippen LogP contribution in [0.2, 0.25) is 20.2 Å². The number of anilines is 1. The number of nitrogens with zero attached hydrogens (tertiary/aromatic N) is 3. The molecule has 0 unspecified atom stereocenters. The lowest BCUT2D eigenvalue weighted by molar-refractivity contribution is -0.116. The van der Waals surface area contributed by atoms with Crippen LogP contribution in [0.5, 0.6) is 0 Å². The second-order valence-electron chi connectivity index (χ2n) is 5.83. The van der Waals surface area contributed by atoms with Crippen molar-refractivity contribution in [3.8, 4) is 0 Å². The van der Waals surface area contributed by atoms with Crippen molar-refractivity contribution in [1.82, 2.24) is 20.1 Å². The lowest BCUT2D eigenvalue weighted by Crippen LogP contribution is -2.24. The van der Waals surface area contributed by atoms with E-state index in [2.05, 4.69) is 20.7 Å². The second kappa shape index (κ2) is 9.45. The highest BCUT2D eigenvalue weighted by Crippen LogP contribution is 2.36. The van der Waals surface area contributed by atoms with E-state index in [-0.39, 0.29) is 44.9 Å². The van der Waals surface area contributed by atoms with E-state index >= 15 is 0 Å². The van der Waals surface area contributed by atoms with Gasteiger partial charge in [0.25, 0.3) is 5.91 Å². The van der Waals surface area contributed by atoms with Gasteiger partial charge in [0.15, 0.2) is 0 Å². The van der Waals surface area contributed by atoms with E-state index in [0.717, 1.165) is 5.56 Å². The molecule has 0 bridgehead atoms. The van der Waals surface area contributed by atoms with E-state index in [9.17, 15) is 9.59 Å². The van der Waals surface area contributed by atoms with Crippen molar-refractivity contribution in [2.45, 2.75) is 13.1 Å². The normalized spacial score (nSPS) is 10.6. The molecule has 0 saturated heterocycles. The number of carbonyl (C=O) groups is 2. The second-order valence-corrected chi connectivity index (χ2v) is 7.32. The van der Waals surface area contributed by atoms with E-state index in [1.54, 1.807) is 42.7 Å². The molecule has 1 aromatic carbocycles. The summed E-state index contributed by atoms with van der Waals surface area (Å²) in [5.41, 5.74) is 1.20. The van der Waals surface area contributed by atoms with Crippen molar-refractivity contribution in [2.75, 3.05) is 5.32 Å². The fraction of sp³-hybridized carbons (Fsp3) is 0.111. The molecule has 0 atom stereocenters. The van der Waals surface area contributed by atoms with Crippen LogP contribution in [0.1, 0.15) is 16.1 Å². The smallest absolute Gasteiger partial charge is 0.271 e. The van der Waals surface area contributed by atoms with Crippen LogP contribution in [0.15, 0.2) is 42.7 Å². The molecule has 0 spiro atoms. The van der Waals surface area contributed by atoms with Gasteiger partial charge >= 0.3 is 0 Å². The SMILES string of the molecule is O=C(Cn1cccn1)Nc1cccc(CNC(=O)c2nc(Cl)c(Cl)c(Cl)c2Cl)c1. The van der Waals surface area contributed by atoms with Crippen LogP contribution >= 0.6 is 46.4 Å². The maximum atomic E-state index is 12.4. The molecule has 2 N–H and O–H groups in total. The summed E-state index contributed by atoms with van der Waals surface area (Å²) in [5, 5.41) is 9.17. The Morgan fingerprint density at radius 3 is 2.55 bits per heavy atom. The molecule has 0 aliphatic heterocycles. The molecule has 3 aromatic rings. The van der Waals surface area contributed by atoms with E-state index in [4.69, 9.17) is 46.4 Å². The fourth-order valence-electron chi connectivity index (χ4n) is 2.40. The molecule has 2 aromatic heterocycles. The van der Waals surface area contributed by atoms with Gasteiger partial charge in [0.05, 0.1) is 15.1 Å². The van der Waals surface area contributed by atoms with Gasteiger partial charge in [0, 0.05) is 24.6 Å². The minimum Gasteiger partial charge on any atom is -0.347 e. The predicted molar refractivity (Wildman–Crippen MR) is 113 cm³/mol. The highest BCUT2D eigenvalue weighted by Gasteiger charge is 2.20. The van der Waals surface area contributed by atoms with Crippen molar-refractivity contribution in [3.63, 3.8) is 0 Å². The van der Waals surface area contributed by atoms with Gasteiger partial charge in [-0.2, -0.15) is 5.10 Å². The van der Waals surface area contributed by atoms with E-state index in [1.165, 1.54) is 4.68 Å². The summed E-state index contributed by atoms with van der Waals surface area (Å²) in [6.07, 6.45) is 3.29. The number of halogens is 4. The number of pyridine rings is 1. The van der Waals surface area contributed by atoms with Gasteiger partial charge < -0.3 is 10.6 Å². The van der Waals surface area contributed by atoms with Gasteiger partial charge in [-0.1, -0.05) is 58.5 Å². The molecule has 2 amide bonds. The molecule has 0 radical (unpaired) electrons. The van der Waals surface area contributed by atoms with Crippen molar-refractivity contribution >= 4 is 63.9 Å². The third-order valence-corrected chi connectivity index (χ3v) is 5.41. The van der Waals surface area contributed by atoms with Crippen molar-refractivity contribution in [2.24, 2.45) is 0 Å². The average molecular weight is 473 g/mol.